The molecule has 26 heavy (non-hydrogen) atoms. The van der Waals surface area contributed by atoms with E-state index < -0.39 is 23.6 Å². The van der Waals surface area contributed by atoms with Crippen molar-refractivity contribution >= 4 is 29.1 Å². The van der Waals surface area contributed by atoms with Crippen LogP contribution in [0.1, 0.15) is 0 Å². The highest BCUT2D eigenvalue weighted by atomic mass is 16.6. The number of rotatable bonds is 9. The third-order valence-corrected chi connectivity index (χ3v) is 3.14. The zero-order valence-corrected chi connectivity index (χ0v) is 13.7. The number of fused-ring (bicyclic) bond motifs is 1. The average Bonchev–Trinajstić information content (AvgIpc) is 3.03. The van der Waals surface area contributed by atoms with Gasteiger partial charge < -0.3 is 31.4 Å². The predicted octanol–water partition coefficient (Wildman–Crippen LogP) is -2.95. The largest absolute Gasteiger partial charge is 0.462 e. The van der Waals surface area contributed by atoms with Crippen LogP contribution in [0, 0.1) is 0 Å². The zero-order chi connectivity index (χ0) is 19.1. The normalized spacial score (nSPS) is 11.0. The SMILES string of the molecule is NCC(=O)OCC(COC(=O)CN)OCn1cnc2c(=O)[nH]c(N)nc21. The Kier molecular flexibility index (Phi) is 6.60. The van der Waals surface area contributed by atoms with Crippen LogP contribution >= 0.6 is 0 Å². The van der Waals surface area contributed by atoms with Crippen LogP contribution in [0.25, 0.3) is 11.2 Å². The van der Waals surface area contributed by atoms with E-state index in [1.54, 1.807) is 0 Å². The lowest BCUT2D eigenvalue weighted by Gasteiger charge is -2.18. The van der Waals surface area contributed by atoms with Gasteiger partial charge in [0.1, 0.15) is 26.0 Å². The van der Waals surface area contributed by atoms with Crippen LogP contribution in [-0.4, -0.2) is 63.9 Å². The monoisotopic (exact) mass is 369 g/mol. The third kappa shape index (κ3) is 4.98. The molecule has 0 atom stereocenters. The Bertz CT molecular complexity index is 812. The zero-order valence-electron chi connectivity index (χ0n) is 13.7. The first-order valence-electron chi connectivity index (χ1n) is 7.48. The van der Waals surface area contributed by atoms with Crippen molar-refractivity contribution in [3.63, 3.8) is 0 Å². The van der Waals surface area contributed by atoms with Gasteiger partial charge in [-0.15, -0.1) is 0 Å². The van der Waals surface area contributed by atoms with E-state index in [1.165, 1.54) is 10.9 Å². The lowest BCUT2D eigenvalue weighted by Crippen LogP contribution is -2.32. The Morgan fingerprint density at radius 3 is 2.38 bits per heavy atom. The lowest BCUT2D eigenvalue weighted by atomic mass is 10.4. The number of hydrogen-bond donors (Lipinski definition) is 4. The van der Waals surface area contributed by atoms with Gasteiger partial charge in [-0.25, -0.2) is 4.98 Å². The van der Waals surface area contributed by atoms with Crippen molar-refractivity contribution in [1.82, 2.24) is 19.5 Å². The van der Waals surface area contributed by atoms with Crippen molar-refractivity contribution in [2.45, 2.75) is 12.8 Å². The summed E-state index contributed by atoms with van der Waals surface area (Å²) in [6, 6.07) is 0. The van der Waals surface area contributed by atoms with Gasteiger partial charge >= 0.3 is 11.9 Å². The van der Waals surface area contributed by atoms with E-state index in [-0.39, 0.29) is 50.1 Å². The quantitative estimate of drug-likeness (QED) is 0.329. The molecule has 0 unspecified atom stereocenters. The summed E-state index contributed by atoms with van der Waals surface area (Å²) in [6.45, 7) is -1.11. The third-order valence-electron chi connectivity index (χ3n) is 3.14. The maximum Gasteiger partial charge on any atom is 0.319 e. The number of nitrogens with zero attached hydrogens (tertiary/aromatic N) is 3. The molecule has 142 valence electrons. The van der Waals surface area contributed by atoms with E-state index in [1.807, 2.05) is 0 Å². The molecule has 2 rings (SSSR count). The molecule has 0 spiro atoms. The van der Waals surface area contributed by atoms with Crippen LogP contribution in [0.2, 0.25) is 0 Å². The second kappa shape index (κ2) is 8.89. The summed E-state index contributed by atoms with van der Waals surface area (Å²) in [5, 5.41) is 0. The van der Waals surface area contributed by atoms with Crippen molar-refractivity contribution in [2.24, 2.45) is 11.5 Å². The summed E-state index contributed by atoms with van der Waals surface area (Å²) in [4.78, 5) is 44.4. The summed E-state index contributed by atoms with van der Waals surface area (Å²) in [5.74, 6) is -1.36. The Morgan fingerprint density at radius 2 is 1.81 bits per heavy atom. The van der Waals surface area contributed by atoms with Crippen molar-refractivity contribution < 1.29 is 23.8 Å². The number of carbonyl (C=O) groups excluding carboxylic acids is 2. The number of aromatic nitrogens is 4. The average molecular weight is 369 g/mol. The molecule has 2 heterocycles. The molecule has 2 aromatic rings. The van der Waals surface area contributed by atoms with E-state index in [0.29, 0.717) is 0 Å². The summed E-state index contributed by atoms with van der Waals surface area (Å²) in [6.07, 6.45) is 0.541. The molecule has 0 aliphatic heterocycles. The molecular weight excluding hydrogens is 350 g/mol. The van der Waals surface area contributed by atoms with Crippen molar-refractivity contribution in [3.8, 4) is 0 Å². The Morgan fingerprint density at radius 1 is 1.19 bits per heavy atom. The topological polar surface area (TPSA) is 203 Å². The van der Waals surface area contributed by atoms with Gasteiger partial charge in [-0.1, -0.05) is 0 Å². The second-order valence-electron chi connectivity index (χ2n) is 5.03. The number of hydrogen-bond acceptors (Lipinski definition) is 11. The van der Waals surface area contributed by atoms with Crippen molar-refractivity contribution in [2.75, 3.05) is 32.0 Å². The van der Waals surface area contributed by atoms with Gasteiger partial charge in [-0.2, -0.15) is 4.98 Å². The summed E-state index contributed by atoms with van der Waals surface area (Å²) >= 11 is 0. The molecule has 2 aromatic heterocycles. The van der Waals surface area contributed by atoms with Crippen molar-refractivity contribution in [3.05, 3.63) is 16.7 Å². The minimum atomic E-state index is -0.794. The number of esters is 2. The number of carbonyl (C=O) groups is 2. The highest BCUT2D eigenvalue weighted by Crippen LogP contribution is 2.08. The van der Waals surface area contributed by atoms with Gasteiger partial charge in [0.05, 0.1) is 19.4 Å². The number of nitrogens with one attached hydrogen (secondary N) is 1. The first-order chi connectivity index (χ1) is 12.4. The number of H-pyrrole nitrogens is 1. The van der Waals surface area contributed by atoms with E-state index in [0.717, 1.165) is 0 Å². The molecule has 0 fully saturated rings. The highest BCUT2D eigenvalue weighted by molar-refractivity contribution is 5.72. The molecule has 0 saturated heterocycles. The summed E-state index contributed by atoms with van der Waals surface area (Å²) < 4.78 is 16.8. The number of nitrogen functional groups attached to an aromatic ring is 1. The van der Waals surface area contributed by atoms with Gasteiger partial charge in [0.2, 0.25) is 5.95 Å². The van der Waals surface area contributed by atoms with Gasteiger partial charge in [0, 0.05) is 0 Å². The van der Waals surface area contributed by atoms with Gasteiger partial charge in [0.25, 0.3) is 5.56 Å². The van der Waals surface area contributed by atoms with Crippen LogP contribution in [0.3, 0.4) is 0 Å². The minimum Gasteiger partial charge on any atom is -0.462 e. The maximum absolute atomic E-state index is 11.7. The van der Waals surface area contributed by atoms with Gasteiger partial charge in [-0.3, -0.25) is 23.9 Å². The Labute approximate surface area is 146 Å². The fourth-order valence-corrected chi connectivity index (χ4v) is 1.88. The minimum absolute atomic E-state index is 0.0745. The number of imidazole rings is 1. The molecule has 13 heteroatoms. The molecule has 0 saturated carbocycles. The molecule has 0 radical (unpaired) electrons. The highest BCUT2D eigenvalue weighted by Gasteiger charge is 2.16. The molecular formula is C13H19N7O6. The molecule has 0 amide bonds. The first-order valence-corrected chi connectivity index (χ1v) is 7.48. The van der Waals surface area contributed by atoms with Crippen LogP contribution in [0.5, 0.6) is 0 Å². The van der Waals surface area contributed by atoms with E-state index in [2.05, 4.69) is 15.0 Å². The van der Waals surface area contributed by atoms with Gasteiger partial charge in [-0.05, 0) is 0 Å². The van der Waals surface area contributed by atoms with E-state index in [4.69, 9.17) is 31.4 Å². The van der Waals surface area contributed by atoms with Crippen LogP contribution in [-0.2, 0) is 30.5 Å². The number of anilines is 1. The Hall–Kier alpha value is -3.03. The summed E-state index contributed by atoms with van der Waals surface area (Å²) in [7, 11) is 0. The Balaban J connectivity index is 2.06. The maximum atomic E-state index is 11.7. The van der Waals surface area contributed by atoms with E-state index >= 15 is 0 Å². The number of aromatic amines is 1. The molecule has 0 bridgehead atoms. The summed E-state index contributed by atoms with van der Waals surface area (Å²) in [5.41, 5.74) is 15.6. The molecule has 0 aliphatic carbocycles. The number of ether oxygens (including phenoxy) is 3. The predicted molar refractivity (Wildman–Crippen MR) is 87.5 cm³/mol. The first kappa shape index (κ1) is 19.3. The van der Waals surface area contributed by atoms with Crippen LogP contribution < -0.4 is 22.8 Å². The lowest BCUT2D eigenvalue weighted by molar-refractivity contribution is -0.155. The number of nitrogens with two attached hydrogens (primary N) is 3. The second-order valence-corrected chi connectivity index (χ2v) is 5.03. The standard InChI is InChI=1S/C13H19N7O6/c14-1-8(21)24-3-7(4-25-9(22)2-15)26-6-20-5-17-10-11(20)18-13(16)19-12(10)23/h5,7H,1-4,6,14-15H2,(H3,16,18,19,23). The fraction of sp³-hybridized carbons (Fsp3) is 0.462. The molecule has 0 aliphatic rings. The van der Waals surface area contributed by atoms with Crippen LogP contribution in [0.15, 0.2) is 11.1 Å². The van der Waals surface area contributed by atoms with E-state index in [9.17, 15) is 14.4 Å². The molecule has 7 N–H and O–H groups in total. The molecule has 13 nitrogen and oxygen atoms in total. The smallest absolute Gasteiger partial charge is 0.319 e. The van der Waals surface area contributed by atoms with Crippen molar-refractivity contribution in [1.29, 1.82) is 0 Å². The van der Waals surface area contributed by atoms with Crippen LogP contribution in [0.4, 0.5) is 5.95 Å². The molecule has 0 aromatic carbocycles. The fourth-order valence-electron chi connectivity index (χ4n) is 1.88. The van der Waals surface area contributed by atoms with Gasteiger partial charge in [0.15, 0.2) is 11.2 Å².